The fraction of sp³-hybridized carbons (Fsp3) is 0.200. The number of carbonyl (C=O) groups excluding carboxylic acids is 2. The lowest BCUT2D eigenvalue weighted by atomic mass is 10.3. The summed E-state index contributed by atoms with van der Waals surface area (Å²) in [6.07, 6.45) is -1.49. The lowest BCUT2D eigenvalue weighted by Gasteiger charge is -2.06. The van der Waals surface area contributed by atoms with Gasteiger partial charge in [-0.2, -0.15) is 0 Å². The predicted molar refractivity (Wildman–Crippen MR) is 56.0 cm³/mol. The van der Waals surface area contributed by atoms with Gasteiger partial charge in [0.05, 0.1) is 6.54 Å². The number of hydrogen-bond acceptors (Lipinski definition) is 4. The lowest BCUT2D eigenvalue weighted by Crippen LogP contribution is -2.31. The van der Waals surface area contributed by atoms with Gasteiger partial charge in [-0.25, -0.2) is 9.59 Å². The van der Waals surface area contributed by atoms with E-state index in [4.69, 9.17) is 10.5 Å². The first kappa shape index (κ1) is 11.8. The zero-order chi connectivity index (χ0) is 11.8. The molecular formula is C10H12N2O4. The fourth-order valence-electron chi connectivity index (χ4n) is 0.936. The summed E-state index contributed by atoms with van der Waals surface area (Å²) in [6, 6.07) is 8.61. The van der Waals surface area contributed by atoms with Gasteiger partial charge < -0.3 is 20.5 Å². The Morgan fingerprint density at radius 2 is 1.94 bits per heavy atom. The summed E-state index contributed by atoms with van der Waals surface area (Å²) in [5.41, 5.74) is 4.73. The minimum absolute atomic E-state index is 0.0131. The van der Waals surface area contributed by atoms with Crippen LogP contribution in [0.15, 0.2) is 30.3 Å². The topological polar surface area (TPSA) is 90.7 Å². The number of primary amides is 1. The third kappa shape index (κ3) is 4.85. The summed E-state index contributed by atoms with van der Waals surface area (Å²) >= 11 is 0. The van der Waals surface area contributed by atoms with Crippen LogP contribution < -0.4 is 15.8 Å². The van der Waals surface area contributed by atoms with Crippen molar-refractivity contribution in [2.75, 3.05) is 13.2 Å². The molecule has 0 aliphatic rings. The van der Waals surface area contributed by atoms with Crippen molar-refractivity contribution < 1.29 is 19.1 Å². The van der Waals surface area contributed by atoms with Crippen molar-refractivity contribution in [3.05, 3.63) is 30.3 Å². The zero-order valence-electron chi connectivity index (χ0n) is 8.51. The molecule has 0 aliphatic heterocycles. The average molecular weight is 224 g/mol. The van der Waals surface area contributed by atoms with Crippen molar-refractivity contribution in [2.24, 2.45) is 5.73 Å². The van der Waals surface area contributed by atoms with Crippen molar-refractivity contribution in [3.8, 4) is 5.75 Å². The van der Waals surface area contributed by atoms with E-state index in [0.717, 1.165) is 0 Å². The Labute approximate surface area is 92.3 Å². The minimum Gasteiger partial charge on any atom is -0.448 e. The third-order valence-electron chi connectivity index (χ3n) is 1.57. The van der Waals surface area contributed by atoms with E-state index in [-0.39, 0.29) is 13.2 Å². The van der Waals surface area contributed by atoms with Crippen molar-refractivity contribution in [3.63, 3.8) is 0 Å². The van der Waals surface area contributed by atoms with Crippen molar-refractivity contribution in [1.82, 2.24) is 5.32 Å². The maximum atomic E-state index is 11.2. The first-order chi connectivity index (χ1) is 7.68. The molecule has 0 aromatic heterocycles. The molecule has 0 radical (unpaired) electrons. The average Bonchev–Trinajstić information content (AvgIpc) is 2.25. The highest BCUT2D eigenvalue weighted by molar-refractivity contribution is 5.70. The number of nitrogens with two attached hydrogens (primary N) is 1. The molecule has 0 saturated heterocycles. The van der Waals surface area contributed by atoms with E-state index in [0.29, 0.717) is 5.75 Å². The quantitative estimate of drug-likeness (QED) is 0.742. The number of amides is 2. The Balaban J connectivity index is 2.19. The molecule has 3 N–H and O–H groups in total. The Kier molecular flexibility index (Phi) is 4.65. The molecule has 0 fully saturated rings. The first-order valence-corrected chi connectivity index (χ1v) is 4.61. The highest BCUT2D eigenvalue weighted by Crippen LogP contribution is 2.07. The van der Waals surface area contributed by atoms with E-state index < -0.39 is 12.2 Å². The van der Waals surface area contributed by atoms with Gasteiger partial charge in [0.25, 0.3) is 0 Å². The van der Waals surface area contributed by atoms with Crippen LogP contribution in [0.4, 0.5) is 9.59 Å². The Bertz CT molecular complexity index is 353. The second-order valence-electron chi connectivity index (χ2n) is 2.80. The van der Waals surface area contributed by atoms with Crippen LogP contribution in [0, 0.1) is 0 Å². The molecule has 1 aromatic carbocycles. The van der Waals surface area contributed by atoms with Crippen LogP contribution >= 0.6 is 0 Å². The van der Waals surface area contributed by atoms with Gasteiger partial charge in [0.15, 0.2) is 0 Å². The summed E-state index contributed by atoms with van der Waals surface area (Å²) in [4.78, 5) is 21.3. The normalized spacial score (nSPS) is 9.25. The van der Waals surface area contributed by atoms with Crippen LogP contribution in [-0.4, -0.2) is 25.3 Å². The number of para-hydroxylation sites is 1. The third-order valence-corrected chi connectivity index (χ3v) is 1.57. The van der Waals surface area contributed by atoms with Crippen LogP contribution in [-0.2, 0) is 4.74 Å². The highest BCUT2D eigenvalue weighted by Gasteiger charge is 2.02. The van der Waals surface area contributed by atoms with E-state index in [2.05, 4.69) is 10.1 Å². The van der Waals surface area contributed by atoms with Crippen LogP contribution in [0.2, 0.25) is 0 Å². The minimum atomic E-state index is -0.877. The SMILES string of the molecule is NC(=O)OCCNC(=O)Oc1ccccc1. The number of ether oxygens (including phenoxy) is 2. The smallest absolute Gasteiger partial charge is 0.412 e. The number of nitrogens with one attached hydrogen (secondary N) is 1. The fourth-order valence-corrected chi connectivity index (χ4v) is 0.936. The number of benzene rings is 1. The molecule has 0 heterocycles. The van der Waals surface area contributed by atoms with Gasteiger partial charge in [0.1, 0.15) is 12.4 Å². The summed E-state index contributed by atoms with van der Waals surface area (Å²) in [5, 5.41) is 2.39. The van der Waals surface area contributed by atoms with E-state index in [1.165, 1.54) is 0 Å². The molecule has 86 valence electrons. The van der Waals surface area contributed by atoms with Crippen LogP contribution in [0.1, 0.15) is 0 Å². The summed E-state index contributed by atoms with van der Waals surface area (Å²) in [6.45, 7) is 0.161. The summed E-state index contributed by atoms with van der Waals surface area (Å²) < 4.78 is 9.31. The molecule has 2 amide bonds. The molecule has 0 aliphatic carbocycles. The van der Waals surface area contributed by atoms with Gasteiger partial charge in [-0.1, -0.05) is 18.2 Å². The van der Waals surface area contributed by atoms with Crippen molar-refractivity contribution in [2.45, 2.75) is 0 Å². The standard InChI is InChI=1S/C10H12N2O4/c11-9(13)15-7-6-12-10(14)16-8-4-2-1-3-5-8/h1-5H,6-7H2,(H2,11,13)(H,12,14). The molecule has 1 rings (SSSR count). The maximum Gasteiger partial charge on any atom is 0.412 e. The predicted octanol–water partition coefficient (Wildman–Crippen LogP) is 0.870. The van der Waals surface area contributed by atoms with Crippen LogP contribution in [0.3, 0.4) is 0 Å². The Morgan fingerprint density at radius 3 is 2.56 bits per heavy atom. The van der Waals surface area contributed by atoms with E-state index in [9.17, 15) is 9.59 Å². The van der Waals surface area contributed by atoms with Crippen LogP contribution in [0.25, 0.3) is 0 Å². The molecule has 0 spiro atoms. The summed E-state index contributed by atoms with van der Waals surface area (Å²) in [5.74, 6) is 0.441. The second-order valence-corrected chi connectivity index (χ2v) is 2.80. The zero-order valence-corrected chi connectivity index (χ0v) is 8.51. The number of hydrogen-bond donors (Lipinski definition) is 2. The van der Waals surface area contributed by atoms with Gasteiger partial charge in [-0.05, 0) is 12.1 Å². The Hall–Kier alpha value is -2.24. The molecule has 6 heteroatoms. The highest BCUT2D eigenvalue weighted by atomic mass is 16.6. The van der Waals surface area contributed by atoms with E-state index in [1.54, 1.807) is 24.3 Å². The molecular weight excluding hydrogens is 212 g/mol. The molecule has 0 bridgehead atoms. The summed E-state index contributed by atoms with van der Waals surface area (Å²) in [7, 11) is 0. The van der Waals surface area contributed by atoms with Gasteiger partial charge >= 0.3 is 12.2 Å². The Morgan fingerprint density at radius 1 is 1.25 bits per heavy atom. The van der Waals surface area contributed by atoms with Gasteiger partial charge in [-0.15, -0.1) is 0 Å². The van der Waals surface area contributed by atoms with E-state index >= 15 is 0 Å². The van der Waals surface area contributed by atoms with E-state index in [1.807, 2.05) is 6.07 Å². The lowest BCUT2D eigenvalue weighted by molar-refractivity contribution is 0.154. The molecule has 0 unspecified atom stereocenters. The van der Waals surface area contributed by atoms with Gasteiger partial charge in [0, 0.05) is 0 Å². The second kappa shape index (κ2) is 6.28. The number of carbonyl (C=O) groups is 2. The number of rotatable bonds is 4. The largest absolute Gasteiger partial charge is 0.448 e. The van der Waals surface area contributed by atoms with Crippen molar-refractivity contribution in [1.29, 1.82) is 0 Å². The molecule has 1 aromatic rings. The monoisotopic (exact) mass is 224 g/mol. The molecule has 6 nitrogen and oxygen atoms in total. The molecule has 16 heavy (non-hydrogen) atoms. The van der Waals surface area contributed by atoms with Gasteiger partial charge in [-0.3, -0.25) is 0 Å². The van der Waals surface area contributed by atoms with Crippen LogP contribution in [0.5, 0.6) is 5.75 Å². The maximum absolute atomic E-state index is 11.2. The van der Waals surface area contributed by atoms with Gasteiger partial charge in [0.2, 0.25) is 0 Å². The molecule has 0 atom stereocenters. The molecule has 0 saturated carbocycles. The van der Waals surface area contributed by atoms with Crippen molar-refractivity contribution >= 4 is 12.2 Å². The first-order valence-electron chi connectivity index (χ1n) is 4.61.